The molecule has 2 aliphatic carbocycles. The zero-order valence-electron chi connectivity index (χ0n) is 41.0. The monoisotopic (exact) mass is 1290 g/mol. The van der Waals surface area contributed by atoms with Gasteiger partial charge in [-0.1, -0.05) is 36.4 Å². The minimum Gasteiger partial charge on any atom is -1.00 e. The Kier molecular flexibility index (Phi) is 23.7. The standard InChI is InChI=1S/C27H25Br2NO3.C27H27NO3.CH4O.Br2.BrH.ClH/c1-6-30-24-15(4)13-20-21(17-10-8-9-11-18(17)27(31)32-7-2)19-12-14(3)16(5)22(28)25(19)33-26(20)23(24)29;1-6-28-23-15-25-22(13-18(23)5)26(21-12-16(3)17(4)14-24(21)31-25)19-10-8-9-11-20(19)27(29)30-7-2;2*1-2;;/h8-13H,6-7H2,1-5H3;8-15H,6-7H2,1-5H3;2H,1H3;;2*1H/p-2. The van der Waals surface area contributed by atoms with Crippen molar-refractivity contribution in [3.05, 3.63) is 149 Å². The van der Waals surface area contributed by atoms with Crippen molar-refractivity contribution < 1.29 is 62.4 Å². The molecule has 2 heterocycles. The van der Waals surface area contributed by atoms with E-state index in [4.69, 9.17) is 23.4 Å². The fourth-order valence-corrected chi connectivity index (χ4v) is 9.50. The molecule has 0 aromatic heterocycles. The predicted octanol–water partition coefficient (Wildman–Crippen LogP) is 9.29. The Morgan fingerprint density at radius 1 is 0.586 bits per heavy atom. The minimum atomic E-state index is -0.341. The van der Waals surface area contributed by atoms with Crippen LogP contribution in [0.15, 0.2) is 113 Å². The molecule has 70 heavy (non-hydrogen) atoms. The molecule has 8 rings (SSSR count). The number of nitrogens with zero attached hydrogens (tertiary/aromatic N) is 2. The molecule has 0 radical (unpaired) electrons. The SMILES string of the molecule is BrBr.CCN=c1c(C)cc2c(-c3ccccc3C(=O)OCC)c3cc(C)c(C)c(Br)c3oc-2c1Br.CCN=c1cc2oc3cc(C)c(C)cc3c(-c3ccccc3C(=O)OCC)c-2cc1C.CO.[Br-].[Cl-]. The van der Waals surface area contributed by atoms with Crippen molar-refractivity contribution in [3.63, 3.8) is 0 Å². The number of aryl methyl sites for hydroxylation is 5. The van der Waals surface area contributed by atoms with Crippen LogP contribution in [0.5, 0.6) is 0 Å². The van der Waals surface area contributed by atoms with Crippen LogP contribution in [0, 0.1) is 41.5 Å². The highest BCUT2D eigenvalue weighted by atomic mass is 80.9. The lowest BCUT2D eigenvalue weighted by Gasteiger charge is -2.21. The maximum atomic E-state index is 12.9. The first kappa shape index (κ1) is 60.2. The normalized spacial score (nSPS) is 11.1. The van der Waals surface area contributed by atoms with Gasteiger partial charge in [0.05, 0.1) is 44.0 Å². The molecular weight excluding hydrogens is 1240 g/mol. The number of hydrogen-bond acceptors (Lipinski definition) is 9. The minimum absolute atomic E-state index is 0. The summed E-state index contributed by atoms with van der Waals surface area (Å²) < 4.78 is 25.3. The second-order valence-corrected chi connectivity index (χ2v) is 17.3. The number of aliphatic hydroxyl groups excluding tert-OH is 1. The third-order valence-corrected chi connectivity index (χ3v) is 13.2. The van der Waals surface area contributed by atoms with E-state index in [0.29, 0.717) is 43.2 Å². The number of carbonyl (C=O) groups excluding carboxylic acids is 2. The van der Waals surface area contributed by atoms with Crippen LogP contribution in [-0.2, 0) is 9.47 Å². The Labute approximate surface area is 459 Å². The van der Waals surface area contributed by atoms with Gasteiger partial charge in [-0.2, -0.15) is 0 Å². The molecule has 4 aliphatic rings. The van der Waals surface area contributed by atoms with Crippen LogP contribution in [0.1, 0.15) is 81.8 Å². The summed E-state index contributed by atoms with van der Waals surface area (Å²) in [5.41, 5.74) is 14.7. The Morgan fingerprint density at radius 2 is 1.09 bits per heavy atom. The lowest BCUT2D eigenvalue weighted by Crippen LogP contribution is -3.00. The molecule has 4 aromatic rings. The van der Waals surface area contributed by atoms with Crippen LogP contribution in [0.25, 0.3) is 66.8 Å². The third kappa shape index (κ3) is 12.5. The van der Waals surface area contributed by atoms with Crippen molar-refractivity contribution in [2.75, 3.05) is 33.4 Å². The zero-order chi connectivity index (χ0) is 50.0. The lowest BCUT2D eigenvalue weighted by atomic mass is 9.89. The van der Waals surface area contributed by atoms with Crippen LogP contribution < -0.4 is 40.1 Å². The van der Waals surface area contributed by atoms with E-state index < -0.39 is 0 Å². The third-order valence-electron chi connectivity index (χ3n) is 11.5. The van der Waals surface area contributed by atoms with Gasteiger partial charge in [-0.3, -0.25) is 9.98 Å². The summed E-state index contributed by atoms with van der Waals surface area (Å²) in [6.07, 6.45) is 0. The lowest BCUT2D eigenvalue weighted by molar-refractivity contribution is -0.00100. The molecule has 0 fully saturated rings. The quantitative estimate of drug-likeness (QED) is 0.119. The van der Waals surface area contributed by atoms with E-state index in [2.05, 4.69) is 135 Å². The smallest absolute Gasteiger partial charge is 0.338 e. The fraction of sp³-hybridized carbons (Fsp3) is 0.273. The molecule has 0 spiro atoms. The molecular formula is C55H56Br5ClN2O7-2. The number of hydrogen-bond donors (Lipinski definition) is 1. The second-order valence-electron chi connectivity index (χ2n) is 15.7. The molecule has 4 aromatic carbocycles. The zero-order valence-corrected chi connectivity index (χ0v) is 49.7. The van der Waals surface area contributed by atoms with Crippen LogP contribution >= 0.6 is 60.1 Å². The number of esters is 2. The van der Waals surface area contributed by atoms with Gasteiger partial charge in [-0.15, -0.1) is 0 Å². The maximum Gasteiger partial charge on any atom is 0.338 e. The largest absolute Gasteiger partial charge is 1.00 e. The first-order valence-corrected chi connectivity index (χ1v) is 27.5. The number of carbonyl (C=O) groups is 2. The highest BCUT2D eigenvalue weighted by Crippen LogP contribution is 2.47. The van der Waals surface area contributed by atoms with Gasteiger partial charge < -0.3 is 52.8 Å². The fourth-order valence-electron chi connectivity index (χ4n) is 8.16. The number of fused-ring (bicyclic) bond motifs is 4. The summed E-state index contributed by atoms with van der Waals surface area (Å²) in [4.78, 5) is 34.9. The van der Waals surface area contributed by atoms with Crippen LogP contribution in [0.4, 0.5) is 0 Å². The summed E-state index contributed by atoms with van der Waals surface area (Å²) in [6, 6.07) is 27.8. The Morgan fingerprint density at radius 3 is 1.63 bits per heavy atom. The van der Waals surface area contributed by atoms with Crippen molar-refractivity contribution in [3.8, 4) is 44.9 Å². The average Bonchev–Trinajstić information content (AvgIpc) is 3.34. The van der Waals surface area contributed by atoms with E-state index in [0.717, 1.165) is 116 Å². The summed E-state index contributed by atoms with van der Waals surface area (Å²) in [7, 11) is 1.00. The number of benzene rings is 6. The highest BCUT2D eigenvalue weighted by molar-refractivity contribution is 9.93. The van der Waals surface area contributed by atoms with E-state index in [1.54, 1.807) is 0 Å². The average molecular weight is 1290 g/mol. The van der Waals surface area contributed by atoms with E-state index in [1.807, 2.05) is 89.2 Å². The number of rotatable bonds is 8. The van der Waals surface area contributed by atoms with Gasteiger partial charge in [0.15, 0.2) is 5.76 Å². The maximum absolute atomic E-state index is 12.9. The van der Waals surface area contributed by atoms with Gasteiger partial charge in [0, 0.05) is 87.5 Å². The molecule has 372 valence electrons. The van der Waals surface area contributed by atoms with Crippen molar-refractivity contribution >= 4 is 94.0 Å². The molecule has 1 N–H and O–H groups in total. The van der Waals surface area contributed by atoms with Crippen molar-refractivity contribution in [2.45, 2.75) is 69.2 Å². The van der Waals surface area contributed by atoms with Crippen molar-refractivity contribution in [1.29, 1.82) is 0 Å². The molecule has 15 heteroatoms. The van der Waals surface area contributed by atoms with E-state index in [9.17, 15) is 9.59 Å². The molecule has 0 amide bonds. The first-order chi connectivity index (χ1) is 32.7. The number of ether oxygens (including phenoxy) is 2. The summed E-state index contributed by atoms with van der Waals surface area (Å²) in [6.45, 7) is 22.1. The van der Waals surface area contributed by atoms with Crippen LogP contribution in [-0.4, -0.2) is 50.5 Å². The molecule has 0 saturated carbocycles. The molecule has 0 bridgehead atoms. The number of aliphatic hydroxyl groups is 1. The molecule has 0 atom stereocenters. The van der Waals surface area contributed by atoms with Gasteiger partial charge in [-0.05, 0) is 188 Å². The van der Waals surface area contributed by atoms with Gasteiger partial charge in [-0.25, -0.2) is 9.59 Å². The van der Waals surface area contributed by atoms with Gasteiger partial charge >= 0.3 is 11.9 Å². The second kappa shape index (κ2) is 27.6. The molecule has 0 unspecified atom stereocenters. The van der Waals surface area contributed by atoms with Gasteiger partial charge in [0.1, 0.15) is 16.9 Å². The summed E-state index contributed by atoms with van der Waals surface area (Å²) >= 11 is 13.0. The van der Waals surface area contributed by atoms with Crippen LogP contribution in [0.3, 0.4) is 0 Å². The first-order valence-electron chi connectivity index (χ1n) is 22.2. The van der Waals surface area contributed by atoms with Crippen LogP contribution in [0.2, 0.25) is 0 Å². The van der Waals surface area contributed by atoms with E-state index in [1.165, 1.54) is 5.56 Å². The molecule has 9 nitrogen and oxygen atoms in total. The number of halogens is 6. The topological polar surface area (TPSA) is 124 Å². The van der Waals surface area contributed by atoms with Gasteiger partial charge in [0.2, 0.25) is 0 Å². The summed E-state index contributed by atoms with van der Waals surface area (Å²) in [5, 5.41) is 10.7. The molecule has 2 aliphatic heterocycles. The Bertz CT molecular complexity index is 3220. The van der Waals surface area contributed by atoms with Crippen molar-refractivity contribution in [2.24, 2.45) is 9.98 Å². The highest BCUT2D eigenvalue weighted by Gasteiger charge is 2.27. The Hall–Kier alpha value is -4.15. The predicted molar refractivity (Wildman–Crippen MR) is 290 cm³/mol. The summed E-state index contributed by atoms with van der Waals surface area (Å²) in [5.74, 6) is 0.782. The molecule has 0 saturated heterocycles. The van der Waals surface area contributed by atoms with Gasteiger partial charge in [0.25, 0.3) is 0 Å². The van der Waals surface area contributed by atoms with E-state index in [-0.39, 0.29) is 41.3 Å². The Balaban J connectivity index is 0.000000337. The van der Waals surface area contributed by atoms with E-state index >= 15 is 0 Å². The van der Waals surface area contributed by atoms with Crippen molar-refractivity contribution in [1.82, 2.24) is 0 Å².